The minimum Gasteiger partial charge on any atom is -0.392 e. The summed E-state index contributed by atoms with van der Waals surface area (Å²) in [6, 6.07) is 1.88. The molecular formula is C12H18N4OS. The summed E-state index contributed by atoms with van der Waals surface area (Å²) < 4.78 is 1.85. The highest BCUT2D eigenvalue weighted by Gasteiger charge is 2.46. The summed E-state index contributed by atoms with van der Waals surface area (Å²) in [5.74, 6) is -0.0123. The van der Waals surface area contributed by atoms with Gasteiger partial charge in [0.25, 0.3) is 0 Å². The summed E-state index contributed by atoms with van der Waals surface area (Å²) in [5.41, 5.74) is 5.10. The van der Waals surface area contributed by atoms with E-state index in [2.05, 4.69) is 10.4 Å². The lowest BCUT2D eigenvalue weighted by Gasteiger charge is -2.39. The van der Waals surface area contributed by atoms with Gasteiger partial charge >= 0.3 is 0 Å². The first kappa shape index (κ1) is 13.0. The molecule has 1 heterocycles. The minimum atomic E-state index is -0.568. The molecule has 0 aliphatic heterocycles. The van der Waals surface area contributed by atoms with Gasteiger partial charge in [0.1, 0.15) is 0 Å². The molecule has 3 N–H and O–H groups in total. The normalized spacial score (nSPS) is 16.9. The summed E-state index contributed by atoms with van der Waals surface area (Å²) in [7, 11) is 0. The van der Waals surface area contributed by atoms with Gasteiger partial charge < -0.3 is 11.1 Å². The van der Waals surface area contributed by atoms with E-state index in [4.69, 9.17) is 18.0 Å². The van der Waals surface area contributed by atoms with Crippen LogP contribution in [-0.2, 0) is 11.3 Å². The van der Waals surface area contributed by atoms with Gasteiger partial charge in [-0.25, -0.2) is 0 Å². The molecule has 6 heteroatoms. The second-order valence-electron chi connectivity index (χ2n) is 4.68. The number of rotatable bonds is 6. The summed E-state index contributed by atoms with van der Waals surface area (Å²) >= 11 is 5.00. The smallest absolute Gasteiger partial charge is 0.233 e. The largest absolute Gasteiger partial charge is 0.392 e. The monoisotopic (exact) mass is 266 g/mol. The number of carbonyl (C=O) groups is 1. The van der Waals surface area contributed by atoms with Crippen LogP contribution in [0.4, 0.5) is 0 Å². The van der Waals surface area contributed by atoms with Crippen LogP contribution in [-0.4, -0.2) is 27.2 Å². The highest BCUT2D eigenvalue weighted by Crippen LogP contribution is 2.41. The highest BCUT2D eigenvalue weighted by molar-refractivity contribution is 7.80. The van der Waals surface area contributed by atoms with Crippen LogP contribution in [0.15, 0.2) is 18.5 Å². The number of hydrogen-bond donors (Lipinski definition) is 2. The Bertz CT molecular complexity index is 425. The third-order valence-corrected chi connectivity index (χ3v) is 3.91. The predicted octanol–water partition coefficient (Wildman–Crippen LogP) is 0.846. The molecule has 1 aromatic rings. The van der Waals surface area contributed by atoms with E-state index in [-0.39, 0.29) is 5.91 Å². The fourth-order valence-electron chi connectivity index (χ4n) is 2.16. The van der Waals surface area contributed by atoms with Crippen molar-refractivity contribution in [3.05, 3.63) is 18.5 Å². The van der Waals surface area contributed by atoms with Crippen LogP contribution >= 0.6 is 12.2 Å². The second kappa shape index (κ2) is 5.48. The topological polar surface area (TPSA) is 72.9 Å². The molecule has 0 unspecified atom stereocenters. The van der Waals surface area contributed by atoms with Crippen molar-refractivity contribution in [3.8, 4) is 0 Å². The molecule has 1 amide bonds. The molecule has 98 valence electrons. The van der Waals surface area contributed by atoms with Gasteiger partial charge in [-0.1, -0.05) is 18.6 Å². The van der Waals surface area contributed by atoms with E-state index in [9.17, 15) is 4.79 Å². The predicted molar refractivity (Wildman–Crippen MR) is 72.9 cm³/mol. The molecule has 0 aromatic carbocycles. The zero-order valence-corrected chi connectivity index (χ0v) is 11.1. The Kier molecular flexibility index (Phi) is 3.96. The Morgan fingerprint density at radius 3 is 2.83 bits per heavy atom. The number of thiocarbonyl (C=S) groups is 1. The second-order valence-corrected chi connectivity index (χ2v) is 5.12. The van der Waals surface area contributed by atoms with Crippen molar-refractivity contribution < 1.29 is 4.79 Å². The van der Waals surface area contributed by atoms with Crippen molar-refractivity contribution in [2.45, 2.75) is 32.2 Å². The number of nitrogens with zero attached hydrogens (tertiary/aromatic N) is 2. The average molecular weight is 266 g/mol. The van der Waals surface area contributed by atoms with Gasteiger partial charge in [0, 0.05) is 25.5 Å². The van der Waals surface area contributed by atoms with Crippen LogP contribution in [0.1, 0.15) is 25.7 Å². The van der Waals surface area contributed by atoms with Gasteiger partial charge in [-0.2, -0.15) is 5.10 Å². The quantitative estimate of drug-likeness (QED) is 0.591. The van der Waals surface area contributed by atoms with Crippen molar-refractivity contribution in [3.63, 3.8) is 0 Å². The maximum absolute atomic E-state index is 12.0. The average Bonchev–Trinajstić information content (AvgIpc) is 2.75. The molecule has 1 fully saturated rings. The van der Waals surface area contributed by atoms with Crippen LogP contribution in [0.5, 0.6) is 0 Å². The maximum atomic E-state index is 12.0. The number of hydrogen-bond acceptors (Lipinski definition) is 3. The SMILES string of the molecule is NC(=S)C1(C(=O)NCCCn2cccn2)CCC1. The third-order valence-electron chi connectivity index (χ3n) is 3.52. The van der Waals surface area contributed by atoms with Crippen molar-refractivity contribution in [1.29, 1.82) is 0 Å². The number of aryl methyl sites for hydroxylation is 1. The summed E-state index contributed by atoms with van der Waals surface area (Å²) in [6.45, 7) is 1.43. The molecule has 1 saturated carbocycles. The Labute approximate surface area is 112 Å². The van der Waals surface area contributed by atoms with Crippen LogP contribution in [0, 0.1) is 5.41 Å². The van der Waals surface area contributed by atoms with E-state index in [0.29, 0.717) is 11.5 Å². The molecule has 1 aliphatic rings. The van der Waals surface area contributed by atoms with E-state index in [1.807, 2.05) is 16.9 Å². The molecular weight excluding hydrogens is 248 g/mol. The number of carbonyl (C=O) groups excluding carboxylic acids is 1. The maximum Gasteiger partial charge on any atom is 0.233 e. The van der Waals surface area contributed by atoms with Crippen LogP contribution < -0.4 is 11.1 Å². The molecule has 18 heavy (non-hydrogen) atoms. The molecule has 1 aromatic heterocycles. The van der Waals surface area contributed by atoms with E-state index < -0.39 is 5.41 Å². The molecule has 0 atom stereocenters. The highest BCUT2D eigenvalue weighted by atomic mass is 32.1. The molecule has 0 spiro atoms. The van der Waals surface area contributed by atoms with Crippen LogP contribution in [0.2, 0.25) is 0 Å². The Balaban J connectivity index is 1.73. The van der Waals surface area contributed by atoms with Gasteiger partial charge in [-0.3, -0.25) is 9.48 Å². The van der Waals surface area contributed by atoms with Gasteiger partial charge in [0.2, 0.25) is 5.91 Å². The van der Waals surface area contributed by atoms with E-state index >= 15 is 0 Å². The zero-order valence-electron chi connectivity index (χ0n) is 10.3. The van der Waals surface area contributed by atoms with E-state index in [1.165, 1.54) is 0 Å². The lowest BCUT2D eigenvalue weighted by atomic mass is 9.68. The van der Waals surface area contributed by atoms with E-state index in [0.717, 1.165) is 32.2 Å². The Morgan fingerprint density at radius 1 is 1.56 bits per heavy atom. The number of nitrogens with one attached hydrogen (secondary N) is 1. The first-order valence-electron chi connectivity index (χ1n) is 6.21. The van der Waals surface area contributed by atoms with Gasteiger partial charge in [0.05, 0.1) is 10.4 Å². The van der Waals surface area contributed by atoms with Crippen LogP contribution in [0.3, 0.4) is 0 Å². The van der Waals surface area contributed by atoms with Gasteiger partial charge in [0.15, 0.2) is 0 Å². The van der Waals surface area contributed by atoms with Crippen LogP contribution in [0.25, 0.3) is 0 Å². The number of nitrogens with two attached hydrogens (primary N) is 1. The van der Waals surface area contributed by atoms with Crippen molar-refractivity contribution in [1.82, 2.24) is 15.1 Å². The minimum absolute atomic E-state index is 0.0123. The zero-order chi connectivity index (χ0) is 13.0. The molecule has 0 saturated heterocycles. The first-order chi connectivity index (χ1) is 8.65. The molecule has 0 radical (unpaired) electrons. The lowest BCUT2D eigenvalue weighted by molar-refractivity contribution is -0.130. The fraction of sp³-hybridized carbons (Fsp3) is 0.583. The summed E-state index contributed by atoms with van der Waals surface area (Å²) in [6.07, 6.45) is 7.10. The van der Waals surface area contributed by atoms with Crippen molar-refractivity contribution in [2.75, 3.05) is 6.54 Å². The van der Waals surface area contributed by atoms with Gasteiger partial charge in [-0.15, -0.1) is 0 Å². The van der Waals surface area contributed by atoms with Crippen molar-refractivity contribution in [2.24, 2.45) is 11.1 Å². The summed E-state index contributed by atoms with van der Waals surface area (Å²) in [5, 5.41) is 7.02. The molecule has 1 aliphatic carbocycles. The lowest BCUT2D eigenvalue weighted by Crippen LogP contribution is -2.53. The molecule has 0 bridgehead atoms. The first-order valence-corrected chi connectivity index (χ1v) is 6.62. The third kappa shape index (κ3) is 2.53. The molecule has 2 rings (SSSR count). The number of aromatic nitrogens is 2. The molecule has 5 nitrogen and oxygen atoms in total. The fourth-order valence-corrected chi connectivity index (χ4v) is 2.46. The van der Waals surface area contributed by atoms with Crippen molar-refractivity contribution >= 4 is 23.1 Å². The van der Waals surface area contributed by atoms with E-state index in [1.54, 1.807) is 6.20 Å². The Hall–Kier alpha value is -1.43. The standard InChI is InChI=1S/C12H18N4OS/c13-10(18)12(4-1-5-12)11(17)14-6-2-8-16-9-3-7-15-16/h3,7,9H,1-2,4-6,8H2,(H2,13,18)(H,14,17). The Morgan fingerprint density at radius 2 is 2.33 bits per heavy atom. The number of amides is 1. The van der Waals surface area contributed by atoms with Gasteiger partial charge in [-0.05, 0) is 25.3 Å². The summed E-state index contributed by atoms with van der Waals surface area (Å²) in [4.78, 5) is 12.4.